The number of fused-ring (bicyclic) bond motifs is 3. The summed E-state index contributed by atoms with van der Waals surface area (Å²) in [6.45, 7) is -0.123. The Kier molecular flexibility index (Phi) is 6.87. The highest BCUT2D eigenvalue weighted by molar-refractivity contribution is 6.15. The van der Waals surface area contributed by atoms with Crippen molar-refractivity contribution >= 4 is 29.4 Å². The first-order chi connectivity index (χ1) is 17.2. The minimum Gasteiger partial charge on any atom is -0.493 e. The molecule has 36 heavy (non-hydrogen) atoms. The second-order valence-corrected chi connectivity index (χ2v) is 8.76. The van der Waals surface area contributed by atoms with Gasteiger partial charge in [0.25, 0.3) is 11.8 Å². The van der Waals surface area contributed by atoms with Gasteiger partial charge in [0.05, 0.1) is 25.5 Å². The molecule has 1 fully saturated rings. The van der Waals surface area contributed by atoms with E-state index in [4.69, 9.17) is 14.2 Å². The largest absolute Gasteiger partial charge is 0.493 e. The van der Waals surface area contributed by atoms with E-state index in [2.05, 4.69) is 0 Å². The lowest BCUT2D eigenvalue weighted by molar-refractivity contribution is -0.161. The van der Waals surface area contributed by atoms with Crippen molar-refractivity contribution in [3.05, 3.63) is 53.6 Å². The summed E-state index contributed by atoms with van der Waals surface area (Å²) < 4.78 is 16.0. The smallest absolute Gasteiger partial charge is 0.354 e. The number of hydrogen-bond donors (Lipinski definition) is 0. The fraction of sp³-hybridized carbons (Fsp3) is 0.385. The Bertz CT molecular complexity index is 1210. The summed E-state index contributed by atoms with van der Waals surface area (Å²) in [6.07, 6.45) is 0.724. The molecule has 0 aromatic heterocycles. The fourth-order valence-electron chi connectivity index (χ4n) is 4.70. The van der Waals surface area contributed by atoms with Gasteiger partial charge in [-0.2, -0.15) is 0 Å². The molecule has 0 bridgehead atoms. The molecule has 2 aliphatic heterocycles. The predicted octanol–water partition coefficient (Wildman–Crippen LogP) is 1.86. The van der Waals surface area contributed by atoms with Gasteiger partial charge in [0.15, 0.2) is 18.1 Å². The molecule has 0 radical (unpaired) electrons. The standard InChI is InChI=1S/C26H29N3O7/c1-27(14-12-17-9-10-20(34-3)21(15-17)35-4)23(31)16-36-25(33)26-13-11-22(30)29(26)19-8-6-5-7-18(19)24(32)28(26)2/h5-10,15H,11-14,16H2,1-4H3. The zero-order valence-corrected chi connectivity index (χ0v) is 20.8. The number of esters is 1. The van der Waals surface area contributed by atoms with Gasteiger partial charge in [-0.05, 0) is 36.2 Å². The van der Waals surface area contributed by atoms with Gasteiger partial charge in [0.2, 0.25) is 11.6 Å². The number of methoxy groups -OCH3 is 2. The lowest BCUT2D eigenvalue weighted by Crippen LogP contribution is -2.67. The summed E-state index contributed by atoms with van der Waals surface area (Å²) in [6, 6.07) is 12.2. The highest BCUT2D eigenvalue weighted by Gasteiger charge is 2.60. The number of nitrogens with zero attached hydrogens (tertiary/aromatic N) is 3. The number of carbonyl (C=O) groups is 4. The van der Waals surface area contributed by atoms with Crippen LogP contribution in [-0.2, 0) is 25.5 Å². The minimum absolute atomic E-state index is 0.0836. The van der Waals surface area contributed by atoms with Crippen LogP contribution in [0.3, 0.4) is 0 Å². The third-order valence-electron chi connectivity index (χ3n) is 6.80. The van der Waals surface area contributed by atoms with Gasteiger partial charge in [-0.1, -0.05) is 18.2 Å². The molecule has 0 spiro atoms. The molecule has 1 saturated heterocycles. The topological polar surface area (TPSA) is 106 Å². The van der Waals surface area contributed by atoms with E-state index in [0.717, 1.165) is 5.56 Å². The molecule has 2 heterocycles. The molecule has 2 aromatic carbocycles. The van der Waals surface area contributed by atoms with Crippen LogP contribution in [0, 0.1) is 0 Å². The summed E-state index contributed by atoms with van der Waals surface area (Å²) in [4.78, 5) is 55.9. The Hall–Kier alpha value is -4.08. The maximum absolute atomic E-state index is 13.3. The highest BCUT2D eigenvalue weighted by Crippen LogP contribution is 2.44. The number of anilines is 1. The maximum Gasteiger partial charge on any atom is 0.354 e. The molecule has 0 saturated carbocycles. The molecule has 0 aliphatic carbocycles. The normalized spacial score (nSPS) is 18.4. The average Bonchev–Trinajstić information content (AvgIpc) is 3.26. The molecule has 190 valence electrons. The Balaban J connectivity index is 1.42. The van der Waals surface area contributed by atoms with E-state index in [1.54, 1.807) is 51.6 Å². The number of likely N-dealkylation sites (N-methyl/N-ethyl adjacent to an activating group) is 2. The van der Waals surface area contributed by atoms with Crippen LogP contribution in [0.4, 0.5) is 5.69 Å². The van der Waals surface area contributed by atoms with E-state index in [0.29, 0.717) is 35.7 Å². The Morgan fingerprint density at radius 3 is 2.50 bits per heavy atom. The van der Waals surface area contributed by atoms with Crippen molar-refractivity contribution in [3.8, 4) is 11.5 Å². The monoisotopic (exact) mass is 495 g/mol. The molecule has 0 N–H and O–H groups in total. The van der Waals surface area contributed by atoms with Crippen molar-refractivity contribution in [1.82, 2.24) is 9.80 Å². The van der Waals surface area contributed by atoms with Gasteiger partial charge in [0.1, 0.15) is 0 Å². The molecule has 2 aliphatic rings. The van der Waals surface area contributed by atoms with Crippen LogP contribution in [-0.4, -0.2) is 80.6 Å². The van der Waals surface area contributed by atoms with E-state index < -0.39 is 24.1 Å². The van der Waals surface area contributed by atoms with Crippen LogP contribution in [0.15, 0.2) is 42.5 Å². The molecule has 2 aromatic rings. The summed E-state index contributed by atoms with van der Waals surface area (Å²) in [5, 5.41) is 0. The van der Waals surface area contributed by atoms with Crippen molar-refractivity contribution < 1.29 is 33.4 Å². The molecular weight excluding hydrogens is 466 g/mol. The second kappa shape index (κ2) is 9.88. The SMILES string of the molecule is COc1ccc(CCN(C)C(=O)COC(=O)C23CCC(=O)N2c2ccccc2C(=O)N3C)cc1OC. The number of amides is 3. The van der Waals surface area contributed by atoms with Crippen LogP contribution < -0.4 is 14.4 Å². The summed E-state index contributed by atoms with van der Waals surface area (Å²) in [5.41, 5.74) is 0.0495. The fourth-order valence-corrected chi connectivity index (χ4v) is 4.70. The van der Waals surface area contributed by atoms with Crippen molar-refractivity contribution in [1.29, 1.82) is 0 Å². The molecule has 3 amide bonds. The van der Waals surface area contributed by atoms with Crippen LogP contribution in [0.1, 0.15) is 28.8 Å². The number of carbonyl (C=O) groups excluding carboxylic acids is 4. The lowest BCUT2D eigenvalue weighted by atomic mass is 9.97. The van der Waals surface area contributed by atoms with E-state index >= 15 is 0 Å². The molecule has 10 nitrogen and oxygen atoms in total. The van der Waals surface area contributed by atoms with Gasteiger partial charge in [-0.3, -0.25) is 19.3 Å². The van der Waals surface area contributed by atoms with Gasteiger partial charge in [-0.25, -0.2) is 4.79 Å². The average molecular weight is 496 g/mol. The number of para-hydroxylation sites is 1. The first kappa shape index (κ1) is 25.0. The summed E-state index contributed by atoms with van der Waals surface area (Å²) in [5.74, 6) is -0.656. The van der Waals surface area contributed by atoms with Crippen LogP contribution >= 0.6 is 0 Å². The second-order valence-electron chi connectivity index (χ2n) is 8.76. The zero-order chi connectivity index (χ0) is 26.0. The van der Waals surface area contributed by atoms with Crippen molar-refractivity contribution in [2.45, 2.75) is 24.9 Å². The van der Waals surface area contributed by atoms with E-state index in [1.807, 2.05) is 12.1 Å². The van der Waals surface area contributed by atoms with Gasteiger partial charge >= 0.3 is 5.97 Å². The quantitative estimate of drug-likeness (QED) is 0.515. The van der Waals surface area contributed by atoms with Crippen molar-refractivity contribution in [2.75, 3.05) is 46.4 Å². The highest BCUT2D eigenvalue weighted by atomic mass is 16.5. The molecule has 4 rings (SSSR count). The molecular formula is C26H29N3O7. The van der Waals surface area contributed by atoms with Gasteiger partial charge in [-0.15, -0.1) is 0 Å². The zero-order valence-electron chi connectivity index (χ0n) is 20.8. The Morgan fingerprint density at radius 1 is 1.06 bits per heavy atom. The van der Waals surface area contributed by atoms with Crippen molar-refractivity contribution in [2.24, 2.45) is 0 Å². The van der Waals surface area contributed by atoms with Gasteiger partial charge in [0, 0.05) is 33.5 Å². The van der Waals surface area contributed by atoms with E-state index in [1.165, 1.54) is 21.7 Å². The molecule has 1 unspecified atom stereocenters. The minimum atomic E-state index is -1.61. The third-order valence-corrected chi connectivity index (χ3v) is 6.80. The number of hydrogen-bond acceptors (Lipinski definition) is 7. The van der Waals surface area contributed by atoms with Crippen molar-refractivity contribution in [3.63, 3.8) is 0 Å². The first-order valence-electron chi connectivity index (χ1n) is 11.6. The van der Waals surface area contributed by atoms with Crippen LogP contribution in [0.2, 0.25) is 0 Å². The Morgan fingerprint density at radius 2 is 1.78 bits per heavy atom. The molecule has 1 atom stereocenters. The first-order valence-corrected chi connectivity index (χ1v) is 11.6. The predicted molar refractivity (Wildman–Crippen MR) is 130 cm³/mol. The third kappa shape index (κ3) is 4.12. The summed E-state index contributed by atoms with van der Waals surface area (Å²) in [7, 11) is 6.21. The van der Waals surface area contributed by atoms with E-state index in [9.17, 15) is 19.2 Å². The van der Waals surface area contributed by atoms with E-state index in [-0.39, 0.29) is 24.7 Å². The molecule has 10 heteroatoms. The summed E-state index contributed by atoms with van der Waals surface area (Å²) >= 11 is 0. The van der Waals surface area contributed by atoms with Crippen LogP contribution in [0.5, 0.6) is 11.5 Å². The van der Waals surface area contributed by atoms with Gasteiger partial charge < -0.3 is 24.0 Å². The van der Waals surface area contributed by atoms with Crippen LogP contribution in [0.25, 0.3) is 0 Å². The lowest BCUT2D eigenvalue weighted by Gasteiger charge is -2.46. The number of benzene rings is 2. The number of ether oxygens (including phenoxy) is 3. The Labute approximate surface area is 209 Å². The maximum atomic E-state index is 13.3. The number of rotatable bonds is 8.